The molecule has 0 aliphatic carbocycles. The largest absolute Gasteiger partial charge is 0.393 e. The quantitative estimate of drug-likeness (QED) is 0.523. The molecule has 1 rings (SSSR count). The van der Waals surface area contributed by atoms with Gasteiger partial charge in [-0.3, -0.25) is 9.69 Å². The van der Waals surface area contributed by atoms with Crippen LogP contribution in [0.2, 0.25) is 0 Å². The molecule has 1 fully saturated rings. The molecule has 0 aromatic heterocycles. The van der Waals surface area contributed by atoms with Crippen LogP contribution in [-0.2, 0) is 4.79 Å². The SMILES string of the molecule is CC(CN1C(=O)CN(C)C1=O)C(N)=S. The Morgan fingerprint density at radius 3 is 2.57 bits per heavy atom. The second-order valence-corrected chi connectivity index (χ2v) is 3.92. The molecule has 78 valence electrons. The van der Waals surface area contributed by atoms with Gasteiger partial charge in [0, 0.05) is 19.5 Å². The molecule has 1 aliphatic heterocycles. The van der Waals surface area contributed by atoms with Gasteiger partial charge in [0.05, 0.1) is 4.99 Å². The number of nitrogens with two attached hydrogens (primary N) is 1. The van der Waals surface area contributed by atoms with Crippen LogP contribution in [0, 0.1) is 5.92 Å². The first kappa shape index (κ1) is 10.9. The minimum atomic E-state index is -0.280. The van der Waals surface area contributed by atoms with Gasteiger partial charge in [-0.25, -0.2) is 4.79 Å². The number of likely N-dealkylation sites (N-methyl/N-ethyl adjacent to an activating group) is 1. The van der Waals surface area contributed by atoms with E-state index in [1.165, 1.54) is 9.80 Å². The fraction of sp³-hybridized carbons (Fsp3) is 0.625. The van der Waals surface area contributed by atoms with Gasteiger partial charge in [0.25, 0.3) is 0 Å². The fourth-order valence-corrected chi connectivity index (χ4v) is 1.29. The summed E-state index contributed by atoms with van der Waals surface area (Å²) in [7, 11) is 1.59. The number of hydrogen-bond donors (Lipinski definition) is 1. The van der Waals surface area contributed by atoms with Gasteiger partial charge < -0.3 is 10.6 Å². The monoisotopic (exact) mass is 215 g/mol. The highest BCUT2D eigenvalue weighted by molar-refractivity contribution is 7.80. The van der Waals surface area contributed by atoms with Crippen molar-refractivity contribution in [1.29, 1.82) is 0 Å². The van der Waals surface area contributed by atoms with Gasteiger partial charge in [0.2, 0.25) is 5.91 Å². The molecule has 0 aromatic carbocycles. The number of imide groups is 1. The highest BCUT2D eigenvalue weighted by Crippen LogP contribution is 2.10. The van der Waals surface area contributed by atoms with Crippen LogP contribution in [0.15, 0.2) is 0 Å². The highest BCUT2D eigenvalue weighted by atomic mass is 32.1. The number of thiocarbonyl (C=S) groups is 1. The summed E-state index contributed by atoms with van der Waals surface area (Å²) in [5, 5.41) is 0. The lowest BCUT2D eigenvalue weighted by atomic mass is 10.2. The van der Waals surface area contributed by atoms with Crippen molar-refractivity contribution in [3.63, 3.8) is 0 Å². The van der Waals surface area contributed by atoms with Crippen LogP contribution in [0.5, 0.6) is 0 Å². The van der Waals surface area contributed by atoms with E-state index in [0.717, 1.165) is 0 Å². The van der Waals surface area contributed by atoms with Crippen molar-refractivity contribution in [3.05, 3.63) is 0 Å². The van der Waals surface area contributed by atoms with E-state index in [-0.39, 0.29) is 30.9 Å². The predicted octanol–water partition coefficient (Wildman–Crippen LogP) is -0.197. The Morgan fingerprint density at radius 1 is 1.64 bits per heavy atom. The molecule has 5 nitrogen and oxygen atoms in total. The lowest BCUT2D eigenvalue weighted by Crippen LogP contribution is -2.38. The third-order valence-corrected chi connectivity index (χ3v) is 2.58. The summed E-state index contributed by atoms with van der Waals surface area (Å²) in [4.78, 5) is 25.6. The van der Waals surface area contributed by atoms with Crippen molar-refractivity contribution in [2.75, 3.05) is 20.1 Å². The molecule has 1 aliphatic rings. The zero-order valence-electron chi connectivity index (χ0n) is 8.19. The van der Waals surface area contributed by atoms with E-state index in [4.69, 9.17) is 18.0 Å². The van der Waals surface area contributed by atoms with Gasteiger partial charge in [-0.15, -0.1) is 0 Å². The summed E-state index contributed by atoms with van der Waals surface area (Å²) in [5.74, 6) is -0.329. The number of amides is 3. The van der Waals surface area contributed by atoms with Crippen LogP contribution in [0.3, 0.4) is 0 Å². The second-order valence-electron chi connectivity index (χ2n) is 3.45. The van der Waals surface area contributed by atoms with Crippen LogP contribution in [-0.4, -0.2) is 46.9 Å². The molecule has 2 N–H and O–H groups in total. The zero-order valence-corrected chi connectivity index (χ0v) is 9.00. The van der Waals surface area contributed by atoms with Gasteiger partial charge in [0.15, 0.2) is 0 Å². The predicted molar refractivity (Wildman–Crippen MR) is 55.7 cm³/mol. The molecule has 1 unspecified atom stereocenters. The van der Waals surface area contributed by atoms with Crippen LogP contribution in [0.25, 0.3) is 0 Å². The summed E-state index contributed by atoms with van der Waals surface area (Å²) in [6, 6.07) is -0.280. The number of nitrogens with zero attached hydrogens (tertiary/aromatic N) is 2. The molecule has 0 aromatic rings. The summed E-state index contributed by atoms with van der Waals surface area (Å²) in [5.41, 5.74) is 5.41. The molecule has 1 saturated heterocycles. The van der Waals surface area contributed by atoms with E-state index in [1.54, 1.807) is 14.0 Å². The van der Waals surface area contributed by atoms with Gasteiger partial charge in [-0.1, -0.05) is 19.1 Å². The summed E-state index contributed by atoms with van der Waals surface area (Å²) < 4.78 is 0. The lowest BCUT2D eigenvalue weighted by molar-refractivity contribution is -0.125. The number of hydrogen-bond acceptors (Lipinski definition) is 3. The topological polar surface area (TPSA) is 66.6 Å². The first-order valence-electron chi connectivity index (χ1n) is 4.28. The van der Waals surface area contributed by atoms with Crippen molar-refractivity contribution >= 4 is 29.1 Å². The summed E-state index contributed by atoms with van der Waals surface area (Å²) in [6.45, 7) is 2.21. The molecule has 1 heterocycles. The molecular weight excluding hydrogens is 202 g/mol. The van der Waals surface area contributed by atoms with E-state index in [2.05, 4.69) is 0 Å². The maximum Gasteiger partial charge on any atom is 0.326 e. The Bertz CT molecular complexity index is 292. The molecule has 0 bridgehead atoms. The van der Waals surface area contributed by atoms with E-state index in [1.807, 2.05) is 0 Å². The normalized spacial score (nSPS) is 19.0. The van der Waals surface area contributed by atoms with Gasteiger partial charge in [-0.05, 0) is 0 Å². The number of rotatable bonds is 3. The Balaban J connectivity index is 2.65. The van der Waals surface area contributed by atoms with Crippen molar-refractivity contribution in [3.8, 4) is 0 Å². The molecule has 0 saturated carbocycles. The fourth-order valence-electron chi connectivity index (χ4n) is 1.21. The number of carbonyl (C=O) groups is 2. The van der Waals surface area contributed by atoms with E-state index in [9.17, 15) is 9.59 Å². The summed E-state index contributed by atoms with van der Waals surface area (Å²) >= 11 is 4.77. The number of carbonyl (C=O) groups excluding carboxylic acids is 2. The molecule has 6 heteroatoms. The Kier molecular flexibility index (Phi) is 3.05. The molecule has 1 atom stereocenters. The van der Waals surface area contributed by atoms with Gasteiger partial charge >= 0.3 is 6.03 Å². The zero-order chi connectivity index (χ0) is 10.9. The highest BCUT2D eigenvalue weighted by Gasteiger charge is 2.34. The standard InChI is InChI=1S/C8H13N3O2S/c1-5(7(9)14)3-11-6(12)4-10(2)8(11)13/h5H,3-4H2,1-2H3,(H2,9,14). The maximum atomic E-state index is 11.4. The van der Waals surface area contributed by atoms with E-state index >= 15 is 0 Å². The minimum Gasteiger partial charge on any atom is -0.393 e. The van der Waals surface area contributed by atoms with Crippen molar-refractivity contribution < 1.29 is 9.59 Å². The molecule has 14 heavy (non-hydrogen) atoms. The molecule has 0 radical (unpaired) electrons. The lowest BCUT2D eigenvalue weighted by Gasteiger charge is -2.17. The third-order valence-electron chi connectivity index (χ3n) is 2.17. The third kappa shape index (κ3) is 2.01. The Hall–Kier alpha value is -1.17. The first-order chi connectivity index (χ1) is 6.43. The summed E-state index contributed by atoms with van der Waals surface area (Å²) in [6.07, 6.45) is 0. The smallest absolute Gasteiger partial charge is 0.326 e. The molecule has 0 spiro atoms. The van der Waals surface area contributed by atoms with E-state index < -0.39 is 0 Å². The first-order valence-corrected chi connectivity index (χ1v) is 4.69. The Morgan fingerprint density at radius 2 is 2.21 bits per heavy atom. The number of urea groups is 1. The van der Waals surface area contributed by atoms with Crippen molar-refractivity contribution in [2.45, 2.75) is 6.92 Å². The van der Waals surface area contributed by atoms with Crippen LogP contribution < -0.4 is 5.73 Å². The Labute approximate surface area is 87.8 Å². The van der Waals surface area contributed by atoms with E-state index in [0.29, 0.717) is 4.99 Å². The van der Waals surface area contributed by atoms with Gasteiger partial charge in [0.1, 0.15) is 6.54 Å². The van der Waals surface area contributed by atoms with Crippen molar-refractivity contribution in [2.24, 2.45) is 11.7 Å². The molecule has 3 amide bonds. The van der Waals surface area contributed by atoms with Crippen molar-refractivity contribution in [1.82, 2.24) is 9.80 Å². The average molecular weight is 215 g/mol. The molecular formula is C8H13N3O2S. The average Bonchev–Trinajstić information content (AvgIpc) is 2.32. The van der Waals surface area contributed by atoms with Crippen LogP contribution in [0.1, 0.15) is 6.92 Å². The van der Waals surface area contributed by atoms with Crippen LogP contribution in [0.4, 0.5) is 4.79 Å². The van der Waals surface area contributed by atoms with Gasteiger partial charge in [-0.2, -0.15) is 0 Å². The maximum absolute atomic E-state index is 11.4. The minimum absolute atomic E-state index is 0.135. The van der Waals surface area contributed by atoms with Crippen LogP contribution >= 0.6 is 12.2 Å². The second kappa shape index (κ2) is 3.91.